The molecule has 0 spiro atoms. The van der Waals surface area contributed by atoms with Gasteiger partial charge in [0.25, 0.3) is 0 Å². The Bertz CT molecular complexity index is 322. The summed E-state index contributed by atoms with van der Waals surface area (Å²) in [6.07, 6.45) is 3.36. The van der Waals surface area contributed by atoms with Crippen molar-refractivity contribution in [2.24, 2.45) is 0 Å². The van der Waals surface area contributed by atoms with Gasteiger partial charge in [0, 0.05) is 15.7 Å². The molecular weight excluding hydrogens is 242 g/mol. The number of carbonyl (C=O) groups is 1. The fourth-order valence-electron chi connectivity index (χ4n) is 1.73. The van der Waals surface area contributed by atoms with Gasteiger partial charge >= 0.3 is 0 Å². The lowest BCUT2D eigenvalue weighted by molar-refractivity contribution is 0.112. The maximum atomic E-state index is 10.5. The summed E-state index contributed by atoms with van der Waals surface area (Å²) in [6, 6.07) is 7.85. The highest BCUT2D eigenvalue weighted by molar-refractivity contribution is 8.00. The van der Waals surface area contributed by atoms with E-state index in [-0.39, 0.29) is 12.4 Å². The first-order valence-electron chi connectivity index (χ1n) is 5.31. The standard InChI is InChI=1S/C12H15NOS.ClH/c14-9-10-1-3-11(4-2-10)15-12-5-7-13-8-6-12;/h1-4,9,12-13H,5-8H2;1H. The van der Waals surface area contributed by atoms with Crippen molar-refractivity contribution in [3.05, 3.63) is 29.8 Å². The highest BCUT2D eigenvalue weighted by Crippen LogP contribution is 2.28. The van der Waals surface area contributed by atoms with Crippen molar-refractivity contribution in [1.82, 2.24) is 5.32 Å². The minimum atomic E-state index is 0. The third kappa shape index (κ3) is 3.81. The second-order valence-corrected chi connectivity index (χ2v) is 5.13. The molecule has 0 aromatic heterocycles. The minimum absolute atomic E-state index is 0. The molecule has 1 heterocycles. The summed E-state index contributed by atoms with van der Waals surface area (Å²) in [5, 5.41) is 4.09. The number of carbonyl (C=O) groups excluding carboxylic acids is 1. The van der Waals surface area contributed by atoms with E-state index in [1.54, 1.807) is 0 Å². The van der Waals surface area contributed by atoms with Gasteiger partial charge < -0.3 is 5.32 Å². The molecule has 2 rings (SSSR count). The third-order valence-electron chi connectivity index (χ3n) is 2.61. The Morgan fingerprint density at radius 1 is 1.19 bits per heavy atom. The molecule has 1 aliphatic rings. The van der Waals surface area contributed by atoms with E-state index >= 15 is 0 Å². The Morgan fingerprint density at radius 2 is 1.81 bits per heavy atom. The fourth-order valence-corrected chi connectivity index (χ4v) is 2.88. The summed E-state index contributed by atoms with van der Waals surface area (Å²) >= 11 is 1.93. The van der Waals surface area contributed by atoms with Crippen LogP contribution in [0.2, 0.25) is 0 Å². The molecule has 0 radical (unpaired) electrons. The molecule has 0 saturated carbocycles. The third-order valence-corrected chi connectivity index (χ3v) is 3.95. The van der Waals surface area contributed by atoms with E-state index in [0.29, 0.717) is 0 Å². The van der Waals surface area contributed by atoms with Crippen LogP contribution < -0.4 is 5.32 Å². The van der Waals surface area contributed by atoms with Crippen LogP contribution in [0.4, 0.5) is 0 Å². The highest BCUT2D eigenvalue weighted by Gasteiger charge is 2.13. The molecule has 0 atom stereocenters. The summed E-state index contributed by atoms with van der Waals surface area (Å²) in [7, 11) is 0. The van der Waals surface area contributed by atoms with Crippen molar-refractivity contribution in [1.29, 1.82) is 0 Å². The van der Waals surface area contributed by atoms with Crippen molar-refractivity contribution in [3.63, 3.8) is 0 Å². The summed E-state index contributed by atoms with van der Waals surface area (Å²) in [4.78, 5) is 11.8. The van der Waals surface area contributed by atoms with Gasteiger partial charge in [-0.1, -0.05) is 12.1 Å². The van der Waals surface area contributed by atoms with Crippen molar-refractivity contribution in [3.8, 4) is 0 Å². The van der Waals surface area contributed by atoms with E-state index in [0.717, 1.165) is 30.2 Å². The number of piperidine rings is 1. The molecule has 16 heavy (non-hydrogen) atoms. The summed E-state index contributed by atoms with van der Waals surface area (Å²) in [5.41, 5.74) is 0.754. The zero-order valence-electron chi connectivity index (χ0n) is 9.02. The molecule has 4 heteroatoms. The van der Waals surface area contributed by atoms with Gasteiger partial charge in [0.15, 0.2) is 0 Å². The van der Waals surface area contributed by atoms with E-state index < -0.39 is 0 Å². The number of hydrogen-bond acceptors (Lipinski definition) is 3. The summed E-state index contributed by atoms with van der Waals surface area (Å²) in [6.45, 7) is 2.26. The first-order valence-corrected chi connectivity index (χ1v) is 6.19. The molecule has 1 aliphatic heterocycles. The fraction of sp³-hybridized carbons (Fsp3) is 0.417. The monoisotopic (exact) mass is 257 g/mol. The van der Waals surface area contributed by atoms with Crippen LogP contribution in [-0.4, -0.2) is 24.6 Å². The first kappa shape index (κ1) is 13.6. The lowest BCUT2D eigenvalue weighted by Gasteiger charge is -2.21. The average Bonchev–Trinajstić information content (AvgIpc) is 2.31. The van der Waals surface area contributed by atoms with Crippen LogP contribution >= 0.6 is 24.2 Å². The van der Waals surface area contributed by atoms with Gasteiger partial charge in [-0.3, -0.25) is 4.79 Å². The molecule has 0 bridgehead atoms. The van der Waals surface area contributed by atoms with Gasteiger partial charge in [0.1, 0.15) is 6.29 Å². The number of thioether (sulfide) groups is 1. The SMILES string of the molecule is Cl.O=Cc1ccc(SC2CCNCC2)cc1. The topological polar surface area (TPSA) is 29.1 Å². The van der Waals surface area contributed by atoms with Gasteiger partial charge in [-0.2, -0.15) is 0 Å². The van der Waals surface area contributed by atoms with Crippen LogP contribution in [0.1, 0.15) is 23.2 Å². The maximum Gasteiger partial charge on any atom is 0.150 e. The minimum Gasteiger partial charge on any atom is -0.317 e. The lowest BCUT2D eigenvalue weighted by Crippen LogP contribution is -2.29. The van der Waals surface area contributed by atoms with Crippen molar-refractivity contribution in [2.75, 3.05) is 13.1 Å². The van der Waals surface area contributed by atoms with Crippen LogP contribution in [0, 0.1) is 0 Å². The molecule has 88 valence electrons. The largest absolute Gasteiger partial charge is 0.317 e. The molecule has 0 aliphatic carbocycles. The number of nitrogens with one attached hydrogen (secondary N) is 1. The number of aldehydes is 1. The summed E-state index contributed by atoms with van der Waals surface area (Å²) < 4.78 is 0. The normalized spacial score (nSPS) is 16.5. The number of hydrogen-bond donors (Lipinski definition) is 1. The highest BCUT2D eigenvalue weighted by atomic mass is 35.5. The average molecular weight is 258 g/mol. The zero-order valence-corrected chi connectivity index (χ0v) is 10.7. The smallest absolute Gasteiger partial charge is 0.150 e. The van der Waals surface area contributed by atoms with Crippen LogP contribution in [0.15, 0.2) is 29.2 Å². The quantitative estimate of drug-likeness (QED) is 0.845. The van der Waals surface area contributed by atoms with Crippen LogP contribution in [-0.2, 0) is 0 Å². The molecule has 0 unspecified atom stereocenters. The predicted octanol–water partition coefficient (Wildman–Crippen LogP) is 2.77. The Labute approximate surface area is 107 Å². The summed E-state index contributed by atoms with van der Waals surface area (Å²) in [5.74, 6) is 0. The molecule has 2 nitrogen and oxygen atoms in total. The van der Waals surface area contributed by atoms with Crippen LogP contribution in [0.3, 0.4) is 0 Å². The molecule has 1 fully saturated rings. The Balaban J connectivity index is 0.00000128. The number of benzene rings is 1. The second-order valence-electron chi connectivity index (χ2n) is 3.75. The Hall–Kier alpha value is -0.510. The molecule has 1 aromatic rings. The van der Waals surface area contributed by atoms with Gasteiger partial charge in [-0.05, 0) is 38.1 Å². The van der Waals surface area contributed by atoms with E-state index in [1.807, 2.05) is 36.0 Å². The molecule has 1 N–H and O–H groups in total. The number of rotatable bonds is 3. The molecule has 1 aromatic carbocycles. The molecular formula is C12H16ClNOS. The predicted molar refractivity (Wildman–Crippen MR) is 70.8 cm³/mol. The Kier molecular flexibility index (Phi) is 5.88. The van der Waals surface area contributed by atoms with Crippen molar-refractivity contribution >= 4 is 30.5 Å². The Morgan fingerprint density at radius 3 is 2.38 bits per heavy atom. The molecule has 1 saturated heterocycles. The van der Waals surface area contributed by atoms with Gasteiger partial charge in [0.2, 0.25) is 0 Å². The molecule has 0 amide bonds. The second kappa shape index (κ2) is 6.94. The van der Waals surface area contributed by atoms with Crippen LogP contribution in [0.5, 0.6) is 0 Å². The van der Waals surface area contributed by atoms with E-state index in [1.165, 1.54) is 17.7 Å². The van der Waals surface area contributed by atoms with E-state index in [9.17, 15) is 4.79 Å². The van der Waals surface area contributed by atoms with Crippen molar-refractivity contribution in [2.45, 2.75) is 23.0 Å². The van der Waals surface area contributed by atoms with E-state index in [4.69, 9.17) is 0 Å². The lowest BCUT2D eigenvalue weighted by atomic mass is 10.2. The zero-order chi connectivity index (χ0) is 10.5. The van der Waals surface area contributed by atoms with Gasteiger partial charge in [-0.25, -0.2) is 0 Å². The van der Waals surface area contributed by atoms with Crippen LogP contribution in [0.25, 0.3) is 0 Å². The van der Waals surface area contributed by atoms with Gasteiger partial charge in [-0.15, -0.1) is 24.2 Å². The maximum absolute atomic E-state index is 10.5. The van der Waals surface area contributed by atoms with E-state index in [2.05, 4.69) is 5.32 Å². The van der Waals surface area contributed by atoms with Crippen molar-refractivity contribution < 1.29 is 4.79 Å². The van der Waals surface area contributed by atoms with Gasteiger partial charge in [0.05, 0.1) is 0 Å². The first-order chi connectivity index (χ1) is 7.38. The number of halogens is 1.